The number of rotatable bonds is 6. The normalized spacial score (nSPS) is 16.8. The summed E-state index contributed by atoms with van der Waals surface area (Å²) < 4.78 is 50.6. The highest BCUT2D eigenvalue weighted by atomic mass is 19.4. The minimum absolute atomic E-state index is 0.0573. The Bertz CT molecular complexity index is 1280. The molecule has 5 rings (SSSR count). The second-order valence-corrected chi connectivity index (χ2v) is 9.67. The van der Waals surface area contributed by atoms with Crippen LogP contribution in [0.3, 0.4) is 0 Å². The minimum atomic E-state index is -4.43. The Balaban J connectivity index is 0.000000214. The van der Waals surface area contributed by atoms with Gasteiger partial charge in [0.15, 0.2) is 0 Å². The molecule has 3 heterocycles. The Morgan fingerprint density at radius 1 is 1.02 bits per heavy atom. The van der Waals surface area contributed by atoms with Gasteiger partial charge in [-0.25, -0.2) is 4.98 Å². The van der Waals surface area contributed by atoms with Crippen LogP contribution >= 0.6 is 0 Å². The van der Waals surface area contributed by atoms with Crippen molar-refractivity contribution in [2.24, 2.45) is 5.73 Å². The predicted octanol–water partition coefficient (Wildman–Crippen LogP) is 5.18. The van der Waals surface area contributed by atoms with Crippen LogP contribution in [0.15, 0.2) is 54.7 Å². The van der Waals surface area contributed by atoms with Crippen LogP contribution in [0.4, 0.5) is 19.0 Å². The van der Waals surface area contributed by atoms with Crippen LogP contribution in [0, 0.1) is 0 Å². The Morgan fingerprint density at radius 2 is 1.71 bits per heavy atom. The lowest BCUT2D eigenvalue weighted by atomic mass is 10.0. The number of alkyl halides is 3. The fraction of sp³-hybridized carbons (Fsp3) is 0.400. The summed E-state index contributed by atoms with van der Waals surface area (Å²) in [6.07, 6.45) is -2.36. The molecule has 1 fully saturated rings. The molecule has 8 nitrogen and oxygen atoms in total. The van der Waals surface area contributed by atoms with E-state index in [1.165, 1.54) is 24.7 Å². The number of carbonyl (C=O) groups excluding carboxylic acids is 1. The topological polar surface area (TPSA) is 107 Å². The van der Waals surface area contributed by atoms with Crippen molar-refractivity contribution in [2.75, 3.05) is 52.1 Å². The van der Waals surface area contributed by atoms with E-state index in [0.29, 0.717) is 23.8 Å². The largest absolute Gasteiger partial charge is 0.493 e. The van der Waals surface area contributed by atoms with E-state index < -0.39 is 11.7 Å². The first-order valence-corrected chi connectivity index (χ1v) is 13.5. The summed E-state index contributed by atoms with van der Waals surface area (Å²) in [7, 11) is 1.50. The number of aldehydes is 1. The number of benzene rings is 2. The van der Waals surface area contributed by atoms with E-state index in [-0.39, 0.29) is 17.7 Å². The van der Waals surface area contributed by atoms with Crippen molar-refractivity contribution in [2.45, 2.75) is 32.5 Å². The first-order valence-electron chi connectivity index (χ1n) is 13.5. The van der Waals surface area contributed by atoms with Gasteiger partial charge in [0.1, 0.15) is 29.4 Å². The van der Waals surface area contributed by atoms with E-state index in [1.807, 2.05) is 23.1 Å². The standard InChI is InChI=1S/C15H19F3N2O.C14H14N2O2.CH5N/c1-2-19-5-7-20(8-6-19)10-13-4-3-12(11-21)9-14(13)15(16,17)18;1-9-8-17-13-3-2-10(6-12(9)13)18-11-4-5-16-14(15)7-11;1-2/h3-4,9,11H,2,5-8,10H2,1H3;2-7,9H,8H2,1H3,(H2,15,16);2H2,1H3. The molecule has 1 saturated heterocycles. The van der Waals surface area contributed by atoms with Gasteiger partial charge in [0.05, 0.1) is 12.2 Å². The highest BCUT2D eigenvalue weighted by molar-refractivity contribution is 5.75. The third-order valence-electron chi connectivity index (χ3n) is 6.87. The maximum atomic E-state index is 13.1. The molecule has 1 unspecified atom stereocenters. The highest BCUT2D eigenvalue weighted by Crippen LogP contribution is 2.37. The monoisotopic (exact) mass is 573 g/mol. The van der Waals surface area contributed by atoms with Crippen LogP contribution in [0.2, 0.25) is 0 Å². The average molecular weight is 574 g/mol. The first-order chi connectivity index (χ1) is 19.7. The van der Waals surface area contributed by atoms with Gasteiger partial charge in [-0.2, -0.15) is 13.2 Å². The molecule has 0 spiro atoms. The van der Waals surface area contributed by atoms with E-state index in [9.17, 15) is 18.0 Å². The molecule has 0 saturated carbocycles. The molecule has 1 aromatic heterocycles. The third kappa shape index (κ3) is 8.91. The second kappa shape index (κ2) is 14.8. The van der Waals surface area contributed by atoms with Crippen molar-refractivity contribution >= 4 is 12.1 Å². The molecule has 0 aliphatic carbocycles. The third-order valence-corrected chi connectivity index (χ3v) is 6.87. The van der Waals surface area contributed by atoms with Crippen molar-refractivity contribution in [3.8, 4) is 17.2 Å². The van der Waals surface area contributed by atoms with Gasteiger partial charge in [-0.1, -0.05) is 26.0 Å². The van der Waals surface area contributed by atoms with Crippen LogP contribution in [-0.4, -0.2) is 67.4 Å². The van der Waals surface area contributed by atoms with Gasteiger partial charge in [0.25, 0.3) is 0 Å². The number of carbonyl (C=O) groups is 1. The highest BCUT2D eigenvalue weighted by Gasteiger charge is 2.34. The number of likely N-dealkylation sites (N-methyl/N-ethyl adjacent to an activating group) is 1. The lowest BCUT2D eigenvalue weighted by molar-refractivity contribution is -0.138. The molecule has 222 valence electrons. The molecule has 3 aromatic rings. The summed E-state index contributed by atoms with van der Waals surface area (Å²) in [5.41, 5.74) is 10.9. The summed E-state index contributed by atoms with van der Waals surface area (Å²) >= 11 is 0. The fourth-order valence-corrected chi connectivity index (χ4v) is 4.61. The molecule has 41 heavy (non-hydrogen) atoms. The maximum Gasteiger partial charge on any atom is 0.416 e. The molecule has 1 atom stereocenters. The molecule has 11 heteroatoms. The number of halogens is 3. The molecule has 2 aliphatic rings. The SMILES string of the molecule is CC1COc2ccc(Oc3ccnc(N)c3)cc21.CCN1CCN(Cc2ccc(C=O)cc2C(F)(F)F)CC1.CN. The lowest BCUT2D eigenvalue weighted by Gasteiger charge is -2.34. The Labute approximate surface area is 239 Å². The number of pyridine rings is 1. The number of nitrogens with two attached hydrogens (primary N) is 2. The summed E-state index contributed by atoms with van der Waals surface area (Å²) in [6.45, 7) is 9.48. The van der Waals surface area contributed by atoms with Crippen molar-refractivity contribution in [1.29, 1.82) is 0 Å². The zero-order valence-corrected chi connectivity index (χ0v) is 23.7. The summed E-state index contributed by atoms with van der Waals surface area (Å²) in [4.78, 5) is 18.9. The Hall–Kier alpha value is -3.67. The van der Waals surface area contributed by atoms with Gasteiger partial charge in [-0.15, -0.1) is 0 Å². The number of aromatic nitrogens is 1. The van der Waals surface area contributed by atoms with Crippen LogP contribution in [0.1, 0.15) is 46.8 Å². The van der Waals surface area contributed by atoms with Gasteiger partial charge < -0.3 is 25.8 Å². The van der Waals surface area contributed by atoms with E-state index in [0.717, 1.165) is 56.9 Å². The second-order valence-electron chi connectivity index (χ2n) is 9.67. The van der Waals surface area contributed by atoms with Gasteiger partial charge in [-0.05, 0) is 49.5 Å². The molecule has 0 amide bonds. The van der Waals surface area contributed by atoms with E-state index in [1.54, 1.807) is 18.3 Å². The number of ether oxygens (including phenoxy) is 2. The molecule has 4 N–H and O–H groups in total. The molecule has 0 radical (unpaired) electrons. The number of anilines is 1. The van der Waals surface area contributed by atoms with Crippen molar-refractivity contribution in [3.05, 3.63) is 77.0 Å². The van der Waals surface area contributed by atoms with Gasteiger partial charge in [-0.3, -0.25) is 9.69 Å². The molecule has 2 aromatic carbocycles. The molecular formula is C30H38F3N5O3. The van der Waals surface area contributed by atoms with Crippen molar-refractivity contribution < 1.29 is 27.4 Å². The zero-order chi connectivity index (χ0) is 30.0. The molecule has 2 aliphatic heterocycles. The smallest absolute Gasteiger partial charge is 0.416 e. The number of hydrogen-bond acceptors (Lipinski definition) is 8. The number of piperazine rings is 1. The molecule has 0 bridgehead atoms. The maximum absolute atomic E-state index is 13.1. The molecular weight excluding hydrogens is 535 g/mol. The number of nitrogen functional groups attached to an aromatic ring is 1. The zero-order valence-electron chi connectivity index (χ0n) is 23.7. The number of hydrogen-bond donors (Lipinski definition) is 2. The van der Waals surface area contributed by atoms with Crippen molar-refractivity contribution in [1.82, 2.24) is 14.8 Å². The van der Waals surface area contributed by atoms with E-state index in [2.05, 4.69) is 29.5 Å². The summed E-state index contributed by atoms with van der Waals surface area (Å²) in [5, 5.41) is 0. The van der Waals surface area contributed by atoms with Crippen LogP contribution in [0.25, 0.3) is 0 Å². The first kappa shape index (κ1) is 31.9. The minimum Gasteiger partial charge on any atom is -0.493 e. The quantitative estimate of drug-likeness (QED) is 0.389. The van der Waals surface area contributed by atoms with Crippen LogP contribution in [0.5, 0.6) is 17.2 Å². The Kier molecular flexibility index (Phi) is 11.5. The average Bonchev–Trinajstić information content (AvgIpc) is 3.34. The van der Waals surface area contributed by atoms with Crippen LogP contribution < -0.4 is 20.9 Å². The fourth-order valence-electron chi connectivity index (χ4n) is 4.61. The van der Waals surface area contributed by atoms with Gasteiger partial charge in [0, 0.05) is 62.0 Å². The summed E-state index contributed by atoms with van der Waals surface area (Å²) in [6, 6.07) is 13.1. The number of fused-ring (bicyclic) bond motifs is 1. The number of nitrogens with zero attached hydrogens (tertiary/aromatic N) is 3. The van der Waals surface area contributed by atoms with Gasteiger partial charge in [0.2, 0.25) is 0 Å². The van der Waals surface area contributed by atoms with Crippen molar-refractivity contribution in [3.63, 3.8) is 0 Å². The predicted molar refractivity (Wildman–Crippen MR) is 153 cm³/mol. The van der Waals surface area contributed by atoms with E-state index in [4.69, 9.17) is 15.2 Å². The lowest BCUT2D eigenvalue weighted by Crippen LogP contribution is -2.45. The van der Waals surface area contributed by atoms with E-state index >= 15 is 0 Å². The van der Waals surface area contributed by atoms with Gasteiger partial charge >= 0.3 is 6.18 Å². The Morgan fingerprint density at radius 3 is 2.34 bits per heavy atom. The summed E-state index contributed by atoms with van der Waals surface area (Å²) in [5.74, 6) is 3.28. The van der Waals surface area contributed by atoms with Crippen LogP contribution in [-0.2, 0) is 12.7 Å².